The second-order valence-electron chi connectivity index (χ2n) is 8.70. The molecule has 13 heteroatoms. The lowest BCUT2D eigenvalue weighted by Crippen LogP contribution is -2.48. The molecule has 2 saturated heterocycles. The summed E-state index contributed by atoms with van der Waals surface area (Å²) in [5, 5.41) is 38.2. The highest BCUT2D eigenvalue weighted by atomic mass is 35.5. The summed E-state index contributed by atoms with van der Waals surface area (Å²) in [6.07, 6.45) is -0.200. The molecular formula is C23H31ClN10O2. The number of piperazine rings is 2. The van der Waals surface area contributed by atoms with Gasteiger partial charge in [-0.2, -0.15) is 10.5 Å². The minimum absolute atomic E-state index is 0.200. The maximum Gasteiger partial charge on any atom is 0.410 e. The summed E-state index contributed by atoms with van der Waals surface area (Å²) in [5.41, 5.74) is 0.255. The smallest absolute Gasteiger partial charge is 0.410 e. The van der Waals surface area contributed by atoms with Crippen molar-refractivity contribution >= 4 is 23.5 Å². The number of nitrogens with one attached hydrogen (secondary N) is 2. The molecule has 2 aromatic heterocycles. The normalized spacial score (nSPS) is 15.2. The highest BCUT2D eigenvalue weighted by Crippen LogP contribution is 2.10. The molecule has 4 rings (SSSR count). The number of hydrogen-bond acceptors (Lipinski definition) is 11. The topological polar surface area (TPSA) is 156 Å². The van der Waals surface area contributed by atoms with Crippen molar-refractivity contribution in [3.8, 4) is 12.1 Å². The maximum atomic E-state index is 11.5. The third-order valence-electron chi connectivity index (χ3n) is 4.72. The third kappa shape index (κ3) is 10.8. The lowest BCUT2D eigenvalue weighted by molar-refractivity contribution is 0.0229. The SMILES string of the molecule is CC(C)(C)OC(=O)N1CCNCC1.N#Cc1ccc(Cl)nn1.N#Cc1ccc(N2CCNCC2)nn1. The van der Waals surface area contributed by atoms with Crippen LogP contribution >= 0.6 is 11.6 Å². The van der Waals surface area contributed by atoms with E-state index in [4.69, 9.17) is 26.9 Å². The van der Waals surface area contributed by atoms with Gasteiger partial charge in [0.15, 0.2) is 22.4 Å². The minimum Gasteiger partial charge on any atom is -0.444 e. The Hall–Kier alpha value is -3.58. The molecular weight excluding hydrogens is 484 g/mol. The number of ether oxygens (including phenoxy) is 1. The van der Waals surface area contributed by atoms with Crippen LogP contribution in [0, 0.1) is 22.7 Å². The molecule has 36 heavy (non-hydrogen) atoms. The van der Waals surface area contributed by atoms with E-state index in [9.17, 15) is 4.79 Å². The molecule has 0 saturated carbocycles. The Kier molecular flexibility index (Phi) is 11.7. The average Bonchev–Trinajstić information content (AvgIpc) is 2.90. The molecule has 12 nitrogen and oxygen atoms in total. The molecule has 0 unspecified atom stereocenters. The number of rotatable bonds is 1. The molecule has 2 fully saturated rings. The number of amides is 1. The van der Waals surface area contributed by atoms with Crippen molar-refractivity contribution < 1.29 is 9.53 Å². The Labute approximate surface area is 216 Å². The van der Waals surface area contributed by atoms with E-state index in [-0.39, 0.29) is 17.4 Å². The quantitative estimate of drug-likeness (QED) is 0.569. The first-order valence-corrected chi connectivity index (χ1v) is 11.9. The van der Waals surface area contributed by atoms with Gasteiger partial charge in [0.05, 0.1) is 0 Å². The predicted molar refractivity (Wildman–Crippen MR) is 134 cm³/mol. The number of carbonyl (C=O) groups is 1. The van der Waals surface area contributed by atoms with Crippen LogP contribution in [-0.2, 0) is 4.74 Å². The van der Waals surface area contributed by atoms with E-state index in [1.54, 1.807) is 11.0 Å². The van der Waals surface area contributed by atoms with E-state index in [2.05, 4.69) is 35.9 Å². The van der Waals surface area contributed by atoms with Gasteiger partial charge < -0.3 is 25.2 Å². The number of carbonyl (C=O) groups excluding carboxylic acids is 1. The standard InChI is InChI=1S/C9H11N5.C9H18N2O2.C5H2ClN3/c10-7-8-1-2-9(13-12-8)14-5-3-11-4-6-14;1-9(2,3)13-8(12)11-6-4-10-5-7-11;6-5-2-1-4(3-7)8-9-5/h1-2,11H,3-6H2;10H,4-7H2,1-3H3;1-2H. The van der Waals surface area contributed by atoms with Crippen molar-refractivity contribution in [2.75, 3.05) is 57.3 Å². The number of anilines is 1. The largest absolute Gasteiger partial charge is 0.444 e. The van der Waals surface area contributed by atoms with Crippen molar-refractivity contribution in [3.05, 3.63) is 40.8 Å². The molecule has 2 aromatic rings. The fourth-order valence-electron chi connectivity index (χ4n) is 3.00. The lowest BCUT2D eigenvalue weighted by Gasteiger charge is -2.30. The van der Waals surface area contributed by atoms with Gasteiger partial charge in [0, 0.05) is 52.4 Å². The molecule has 2 aliphatic heterocycles. The molecule has 1 amide bonds. The van der Waals surface area contributed by atoms with Crippen LogP contribution in [0.5, 0.6) is 0 Å². The number of halogens is 1. The third-order valence-corrected chi connectivity index (χ3v) is 4.92. The van der Waals surface area contributed by atoms with Gasteiger partial charge in [0.2, 0.25) is 0 Å². The van der Waals surface area contributed by atoms with Crippen molar-refractivity contribution in [1.82, 2.24) is 35.9 Å². The summed E-state index contributed by atoms with van der Waals surface area (Å²) in [4.78, 5) is 15.4. The fraction of sp³-hybridized carbons (Fsp3) is 0.522. The van der Waals surface area contributed by atoms with E-state index in [1.807, 2.05) is 39.0 Å². The fourth-order valence-corrected chi connectivity index (χ4v) is 3.10. The van der Waals surface area contributed by atoms with E-state index >= 15 is 0 Å². The van der Waals surface area contributed by atoms with Crippen molar-refractivity contribution in [3.63, 3.8) is 0 Å². The van der Waals surface area contributed by atoms with Gasteiger partial charge in [-0.05, 0) is 45.0 Å². The first kappa shape index (κ1) is 28.7. The second kappa shape index (κ2) is 14.7. The van der Waals surface area contributed by atoms with Crippen LogP contribution in [0.4, 0.5) is 10.6 Å². The molecule has 2 N–H and O–H groups in total. The molecule has 4 heterocycles. The van der Waals surface area contributed by atoms with Gasteiger partial charge >= 0.3 is 6.09 Å². The zero-order valence-corrected chi connectivity index (χ0v) is 21.5. The van der Waals surface area contributed by atoms with Crippen LogP contribution in [-0.4, -0.2) is 89.3 Å². The minimum atomic E-state index is -0.387. The van der Waals surface area contributed by atoms with Crippen molar-refractivity contribution in [1.29, 1.82) is 10.5 Å². The van der Waals surface area contributed by atoms with E-state index in [0.29, 0.717) is 10.8 Å². The molecule has 0 aliphatic carbocycles. The van der Waals surface area contributed by atoms with Crippen LogP contribution < -0.4 is 15.5 Å². The van der Waals surface area contributed by atoms with Gasteiger partial charge in [-0.1, -0.05) is 11.6 Å². The molecule has 0 radical (unpaired) electrons. The first-order valence-electron chi connectivity index (χ1n) is 11.5. The highest BCUT2D eigenvalue weighted by molar-refractivity contribution is 6.29. The monoisotopic (exact) mass is 514 g/mol. The summed E-state index contributed by atoms with van der Waals surface area (Å²) in [6, 6.07) is 10.3. The number of nitriles is 2. The maximum absolute atomic E-state index is 11.5. The Balaban J connectivity index is 0.000000195. The van der Waals surface area contributed by atoms with Gasteiger partial charge in [-0.25, -0.2) is 4.79 Å². The Bertz CT molecular complexity index is 1020. The van der Waals surface area contributed by atoms with Crippen molar-refractivity contribution in [2.24, 2.45) is 0 Å². The van der Waals surface area contributed by atoms with Gasteiger partial charge in [0.1, 0.15) is 17.7 Å². The van der Waals surface area contributed by atoms with Gasteiger partial charge in [-0.15, -0.1) is 20.4 Å². The number of aromatic nitrogens is 4. The summed E-state index contributed by atoms with van der Waals surface area (Å²) in [7, 11) is 0. The van der Waals surface area contributed by atoms with E-state index in [0.717, 1.165) is 58.2 Å². The molecule has 0 atom stereocenters. The summed E-state index contributed by atoms with van der Waals surface area (Å²) in [6.45, 7) is 12.7. The van der Waals surface area contributed by atoms with E-state index < -0.39 is 0 Å². The molecule has 0 aromatic carbocycles. The summed E-state index contributed by atoms with van der Waals surface area (Å²) in [5.74, 6) is 0.852. The zero-order valence-electron chi connectivity index (χ0n) is 20.7. The van der Waals surface area contributed by atoms with Crippen LogP contribution in [0.3, 0.4) is 0 Å². The van der Waals surface area contributed by atoms with Crippen LogP contribution in [0.25, 0.3) is 0 Å². The van der Waals surface area contributed by atoms with Gasteiger partial charge in [0.25, 0.3) is 0 Å². The molecule has 2 aliphatic rings. The van der Waals surface area contributed by atoms with Crippen LogP contribution in [0.15, 0.2) is 24.3 Å². The second-order valence-corrected chi connectivity index (χ2v) is 9.08. The Morgan fingerprint density at radius 2 is 1.42 bits per heavy atom. The summed E-state index contributed by atoms with van der Waals surface area (Å²) < 4.78 is 5.24. The van der Waals surface area contributed by atoms with Crippen LogP contribution in [0.1, 0.15) is 32.2 Å². The molecule has 192 valence electrons. The van der Waals surface area contributed by atoms with Crippen LogP contribution in [0.2, 0.25) is 5.15 Å². The Morgan fingerprint density at radius 1 is 0.889 bits per heavy atom. The lowest BCUT2D eigenvalue weighted by atomic mass is 10.2. The summed E-state index contributed by atoms with van der Waals surface area (Å²) >= 11 is 5.39. The molecule has 0 bridgehead atoms. The zero-order chi connectivity index (χ0) is 26.4. The number of hydrogen-bond donors (Lipinski definition) is 2. The van der Waals surface area contributed by atoms with Gasteiger partial charge in [-0.3, -0.25) is 0 Å². The molecule has 0 spiro atoms. The van der Waals surface area contributed by atoms with Crippen molar-refractivity contribution in [2.45, 2.75) is 26.4 Å². The highest BCUT2D eigenvalue weighted by Gasteiger charge is 2.22. The predicted octanol–water partition coefficient (Wildman–Crippen LogP) is 1.59. The van der Waals surface area contributed by atoms with E-state index in [1.165, 1.54) is 12.1 Å². The Morgan fingerprint density at radius 3 is 1.86 bits per heavy atom. The average molecular weight is 515 g/mol. The number of nitrogens with zero attached hydrogens (tertiary/aromatic N) is 8. The first-order chi connectivity index (χ1) is 17.2.